The number of amides is 2. The fourth-order valence-corrected chi connectivity index (χ4v) is 3.50. The number of ether oxygens (including phenoxy) is 2. The SMILES string of the molecule is O=C(c1cnco1)N1CCCOC2(C1)CN(C(=O)c1ccccc1F)CCO2. The normalized spacial score (nSPS) is 22.9. The molecule has 148 valence electrons. The molecule has 1 spiro atoms. The van der Waals surface area contributed by atoms with Gasteiger partial charge in [0.05, 0.1) is 38.1 Å². The molecule has 28 heavy (non-hydrogen) atoms. The van der Waals surface area contributed by atoms with Crippen LogP contribution in [0.5, 0.6) is 0 Å². The van der Waals surface area contributed by atoms with Crippen LogP contribution in [0.4, 0.5) is 4.39 Å². The first kappa shape index (κ1) is 18.6. The molecule has 2 amide bonds. The summed E-state index contributed by atoms with van der Waals surface area (Å²) in [7, 11) is 0. The highest BCUT2D eigenvalue weighted by atomic mass is 19.1. The van der Waals surface area contributed by atoms with Crippen molar-refractivity contribution in [2.24, 2.45) is 0 Å². The van der Waals surface area contributed by atoms with Gasteiger partial charge in [-0.3, -0.25) is 9.59 Å². The van der Waals surface area contributed by atoms with Crippen LogP contribution in [0.2, 0.25) is 0 Å². The number of oxazole rings is 1. The smallest absolute Gasteiger partial charge is 0.291 e. The Bertz CT molecular complexity index is 859. The molecule has 3 heterocycles. The van der Waals surface area contributed by atoms with E-state index in [4.69, 9.17) is 13.9 Å². The summed E-state index contributed by atoms with van der Waals surface area (Å²) in [5.74, 6) is -2.35. The Hall–Kier alpha value is -2.78. The van der Waals surface area contributed by atoms with Crippen molar-refractivity contribution >= 4 is 11.8 Å². The fourth-order valence-electron chi connectivity index (χ4n) is 3.50. The molecule has 2 aromatic rings. The Morgan fingerprint density at radius 3 is 2.54 bits per heavy atom. The monoisotopic (exact) mass is 389 g/mol. The van der Waals surface area contributed by atoms with Crippen LogP contribution in [-0.4, -0.2) is 71.8 Å². The van der Waals surface area contributed by atoms with Gasteiger partial charge in [-0.2, -0.15) is 0 Å². The summed E-state index contributed by atoms with van der Waals surface area (Å²) in [5, 5.41) is 0. The summed E-state index contributed by atoms with van der Waals surface area (Å²) in [6, 6.07) is 5.86. The maximum Gasteiger partial charge on any atom is 0.291 e. The predicted octanol–water partition coefficient (Wildman–Crippen LogP) is 1.55. The Balaban J connectivity index is 1.53. The molecule has 8 nitrogen and oxygen atoms in total. The minimum atomic E-state index is -1.16. The maximum absolute atomic E-state index is 14.0. The highest BCUT2D eigenvalue weighted by molar-refractivity contribution is 5.94. The highest BCUT2D eigenvalue weighted by Gasteiger charge is 2.44. The van der Waals surface area contributed by atoms with E-state index in [1.807, 2.05) is 0 Å². The lowest BCUT2D eigenvalue weighted by Gasteiger charge is -2.43. The average Bonchev–Trinajstić information content (AvgIpc) is 3.17. The van der Waals surface area contributed by atoms with Gasteiger partial charge >= 0.3 is 0 Å². The van der Waals surface area contributed by atoms with Gasteiger partial charge in [0.15, 0.2) is 6.39 Å². The molecule has 2 aliphatic rings. The predicted molar refractivity (Wildman–Crippen MR) is 94.0 cm³/mol. The van der Waals surface area contributed by atoms with Crippen LogP contribution in [0.3, 0.4) is 0 Å². The van der Waals surface area contributed by atoms with Gasteiger partial charge in [-0.25, -0.2) is 9.37 Å². The number of carbonyl (C=O) groups excluding carboxylic acids is 2. The summed E-state index contributed by atoms with van der Waals surface area (Å²) in [5.41, 5.74) is 0.00256. The van der Waals surface area contributed by atoms with Crippen molar-refractivity contribution in [1.29, 1.82) is 0 Å². The lowest BCUT2D eigenvalue weighted by Crippen LogP contribution is -2.59. The van der Waals surface area contributed by atoms with E-state index in [1.165, 1.54) is 35.7 Å². The molecule has 1 aromatic carbocycles. The minimum Gasteiger partial charge on any atom is -0.438 e. The molecule has 4 rings (SSSR count). The van der Waals surface area contributed by atoms with Crippen LogP contribution in [0.1, 0.15) is 27.3 Å². The van der Waals surface area contributed by atoms with Crippen molar-refractivity contribution in [1.82, 2.24) is 14.8 Å². The van der Waals surface area contributed by atoms with Crippen molar-refractivity contribution in [3.63, 3.8) is 0 Å². The Morgan fingerprint density at radius 2 is 1.79 bits per heavy atom. The van der Waals surface area contributed by atoms with Gasteiger partial charge in [-0.1, -0.05) is 12.1 Å². The Morgan fingerprint density at radius 1 is 1.04 bits per heavy atom. The zero-order valence-corrected chi connectivity index (χ0v) is 15.2. The number of nitrogens with zero attached hydrogens (tertiary/aromatic N) is 3. The number of benzene rings is 1. The van der Waals surface area contributed by atoms with E-state index in [1.54, 1.807) is 11.0 Å². The number of hydrogen-bond donors (Lipinski definition) is 0. The summed E-state index contributed by atoms with van der Waals surface area (Å²) >= 11 is 0. The fraction of sp³-hybridized carbons (Fsp3) is 0.421. The lowest BCUT2D eigenvalue weighted by molar-refractivity contribution is -0.258. The lowest BCUT2D eigenvalue weighted by atomic mass is 10.1. The first-order valence-corrected chi connectivity index (χ1v) is 9.07. The van der Waals surface area contributed by atoms with Gasteiger partial charge in [0.1, 0.15) is 5.82 Å². The number of carbonyl (C=O) groups is 2. The van der Waals surface area contributed by atoms with Crippen molar-refractivity contribution < 1.29 is 27.9 Å². The van der Waals surface area contributed by atoms with E-state index in [-0.39, 0.29) is 36.9 Å². The number of hydrogen-bond acceptors (Lipinski definition) is 6. The molecule has 1 atom stereocenters. The molecule has 2 aliphatic heterocycles. The van der Waals surface area contributed by atoms with E-state index < -0.39 is 17.5 Å². The molecule has 0 saturated carbocycles. The Kier molecular flexibility index (Phi) is 5.10. The van der Waals surface area contributed by atoms with E-state index in [0.717, 1.165) is 0 Å². The van der Waals surface area contributed by atoms with Gasteiger partial charge < -0.3 is 23.7 Å². The maximum atomic E-state index is 14.0. The van der Waals surface area contributed by atoms with Gasteiger partial charge in [-0.15, -0.1) is 0 Å². The largest absolute Gasteiger partial charge is 0.438 e. The molecule has 0 radical (unpaired) electrons. The van der Waals surface area contributed by atoms with Crippen molar-refractivity contribution in [3.05, 3.63) is 54.0 Å². The number of rotatable bonds is 2. The second-order valence-corrected chi connectivity index (χ2v) is 6.76. The van der Waals surface area contributed by atoms with E-state index in [2.05, 4.69) is 4.98 Å². The second-order valence-electron chi connectivity index (χ2n) is 6.76. The summed E-state index contributed by atoms with van der Waals surface area (Å²) in [6.07, 6.45) is 3.17. The summed E-state index contributed by atoms with van der Waals surface area (Å²) < 4.78 is 31.0. The average molecular weight is 389 g/mol. The highest BCUT2D eigenvalue weighted by Crippen LogP contribution is 2.26. The molecule has 1 aromatic heterocycles. The van der Waals surface area contributed by atoms with Gasteiger partial charge in [0.2, 0.25) is 11.5 Å². The number of halogens is 1. The zero-order valence-electron chi connectivity index (χ0n) is 15.2. The van der Waals surface area contributed by atoms with Crippen molar-refractivity contribution in [2.75, 3.05) is 39.4 Å². The molecule has 2 saturated heterocycles. The molecule has 0 aliphatic carbocycles. The van der Waals surface area contributed by atoms with Gasteiger partial charge in [0.25, 0.3) is 11.8 Å². The molecular weight excluding hydrogens is 369 g/mol. The van der Waals surface area contributed by atoms with E-state index >= 15 is 0 Å². The minimum absolute atomic E-state index is 0.00256. The standard InChI is InChI=1S/C19H20FN3O5/c20-15-5-2-1-4-14(15)17(24)23-7-9-28-19(12-23)11-22(6-3-8-27-19)18(25)16-10-21-13-26-16/h1-2,4-5,10,13H,3,6-9,11-12H2. The molecular formula is C19H20FN3O5. The topological polar surface area (TPSA) is 85.1 Å². The van der Waals surface area contributed by atoms with Gasteiger partial charge in [-0.05, 0) is 18.6 Å². The van der Waals surface area contributed by atoms with Gasteiger partial charge in [0, 0.05) is 13.1 Å². The van der Waals surface area contributed by atoms with E-state index in [0.29, 0.717) is 26.1 Å². The van der Waals surface area contributed by atoms with Crippen LogP contribution in [0, 0.1) is 5.82 Å². The zero-order chi connectivity index (χ0) is 19.6. The van der Waals surface area contributed by atoms with Crippen molar-refractivity contribution in [2.45, 2.75) is 12.2 Å². The number of morpholine rings is 1. The first-order valence-electron chi connectivity index (χ1n) is 9.07. The van der Waals surface area contributed by atoms with Crippen LogP contribution in [-0.2, 0) is 9.47 Å². The third kappa shape index (κ3) is 3.63. The third-order valence-electron chi connectivity index (χ3n) is 4.85. The molecule has 9 heteroatoms. The summed E-state index contributed by atoms with van der Waals surface area (Å²) in [4.78, 5) is 32.3. The van der Waals surface area contributed by atoms with Crippen LogP contribution in [0.15, 0.2) is 41.3 Å². The van der Waals surface area contributed by atoms with Crippen LogP contribution in [0.25, 0.3) is 0 Å². The molecule has 1 unspecified atom stereocenters. The van der Waals surface area contributed by atoms with Crippen LogP contribution >= 0.6 is 0 Å². The second kappa shape index (κ2) is 7.69. The van der Waals surface area contributed by atoms with Crippen LogP contribution < -0.4 is 0 Å². The summed E-state index contributed by atoms with van der Waals surface area (Å²) in [6.45, 7) is 1.61. The number of aromatic nitrogens is 1. The Labute approximate surface area is 160 Å². The van der Waals surface area contributed by atoms with Crippen molar-refractivity contribution in [3.8, 4) is 0 Å². The molecule has 0 N–H and O–H groups in total. The first-order chi connectivity index (χ1) is 13.6. The van der Waals surface area contributed by atoms with E-state index in [9.17, 15) is 14.0 Å². The quantitative estimate of drug-likeness (QED) is 0.775. The third-order valence-corrected chi connectivity index (χ3v) is 4.85. The molecule has 2 fully saturated rings. The molecule has 0 bridgehead atoms.